The Labute approximate surface area is 184 Å². The lowest BCUT2D eigenvalue weighted by atomic mass is 9.78. The zero-order chi connectivity index (χ0) is 22.1. The molecule has 0 heteroatoms. The van der Waals surface area contributed by atoms with Crippen LogP contribution in [0.2, 0.25) is 0 Å². The molecule has 2 aliphatic carbocycles. The van der Waals surface area contributed by atoms with Crippen LogP contribution in [0.15, 0.2) is 48.1 Å². The largest absolute Gasteiger partial charge is 0.0763 e. The summed E-state index contributed by atoms with van der Waals surface area (Å²) in [6.45, 7) is 20.9. The average molecular weight is 399 g/mol. The number of rotatable bonds is 1. The van der Waals surface area contributed by atoms with Gasteiger partial charge in [0.25, 0.3) is 0 Å². The molecule has 2 aromatic carbocycles. The molecular formula is C30H38. The van der Waals surface area contributed by atoms with Gasteiger partial charge in [-0.2, -0.15) is 0 Å². The summed E-state index contributed by atoms with van der Waals surface area (Å²) in [4.78, 5) is 0. The normalized spacial score (nSPS) is 16.3. The molecule has 0 bridgehead atoms. The van der Waals surface area contributed by atoms with E-state index in [1.54, 1.807) is 5.56 Å². The van der Waals surface area contributed by atoms with Crippen molar-refractivity contribution >= 4 is 5.57 Å². The van der Waals surface area contributed by atoms with Crippen LogP contribution in [0, 0.1) is 5.41 Å². The lowest BCUT2D eigenvalue weighted by Crippen LogP contribution is -2.15. The third kappa shape index (κ3) is 3.59. The zero-order valence-electron chi connectivity index (χ0n) is 20.5. The Morgan fingerprint density at radius 3 is 1.93 bits per heavy atom. The molecule has 0 fully saturated rings. The predicted molar refractivity (Wildman–Crippen MR) is 132 cm³/mol. The zero-order valence-corrected chi connectivity index (χ0v) is 20.5. The van der Waals surface area contributed by atoms with Gasteiger partial charge in [-0.25, -0.2) is 0 Å². The van der Waals surface area contributed by atoms with Gasteiger partial charge in [0.15, 0.2) is 0 Å². The molecule has 0 nitrogen and oxygen atoms in total. The van der Waals surface area contributed by atoms with Crippen molar-refractivity contribution in [2.75, 3.05) is 0 Å². The van der Waals surface area contributed by atoms with Crippen LogP contribution in [0.25, 0.3) is 16.7 Å². The van der Waals surface area contributed by atoms with Crippen LogP contribution < -0.4 is 0 Å². The first-order valence-electron chi connectivity index (χ1n) is 11.5. The monoisotopic (exact) mass is 398 g/mol. The minimum atomic E-state index is 0.126. The molecule has 0 radical (unpaired) electrons. The Hall–Kier alpha value is -2.08. The molecule has 2 aliphatic rings. The molecule has 158 valence electrons. The fourth-order valence-electron chi connectivity index (χ4n) is 4.96. The number of allylic oxidation sites excluding steroid dienone is 4. The molecule has 0 N–H and O–H groups in total. The summed E-state index contributed by atoms with van der Waals surface area (Å²) in [7, 11) is 0. The highest BCUT2D eigenvalue weighted by molar-refractivity contribution is 5.87. The van der Waals surface area contributed by atoms with Crippen LogP contribution in [0.4, 0.5) is 0 Å². The average Bonchev–Trinajstić information content (AvgIpc) is 3.23. The van der Waals surface area contributed by atoms with Gasteiger partial charge in [-0.15, -0.1) is 0 Å². The minimum Gasteiger partial charge on any atom is -0.0763 e. The first-order valence-corrected chi connectivity index (χ1v) is 11.5. The van der Waals surface area contributed by atoms with Crippen molar-refractivity contribution in [3.63, 3.8) is 0 Å². The first kappa shape index (κ1) is 21.2. The van der Waals surface area contributed by atoms with E-state index in [4.69, 9.17) is 0 Å². The molecule has 0 aromatic heterocycles. The van der Waals surface area contributed by atoms with Crippen LogP contribution in [0.1, 0.15) is 96.6 Å². The van der Waals surface area contributed by atoms with Crippen molar-refractivity contribution in [2.45, 2.75) is 86.0 Å². The number of benzene rings is 2. The Kier molecular flexibility index (Phi) is 4.73. The van der Waals surface area contributed by atoms with E-state index < -0.39 is 0 Å². The molecule has 2 aromatic rings. The number of hydrogen-bond donors (Lipinski definition) is 0. The summed E-state index contributed by atoms with van der Waals surface area (Å²) < 4.78 is 0. The molecule has 0 saturated heterocycles. The highest BCUT2D eigenvalue weighted by atomic mass is 14.3. The van der Waals surface area contributed by atoms with Crippen molar-refractivity contribution in [2.24, 2.45) is 5.41 Å². The fraction of sp³-hybridized carbons (Fsp3) is 0.467. The van der Waals surface area contributed by atoms with E-state index in [0.717, 1.165) is 12.8 Å². The number of fused-ring (bicyclic) bond motifs is 3. The van der Waals surface area contributed by atoms with Gasteiger partial charge in [0.05, 0.1) is 0 Å². The van der Waals surface area contributed by atoms with E-state index in [1.165, 1.54) is 44.5 Å². The van der Waals surface area contributed by atoms with Gasteiger partial charge in [0.2, 0.25) is 0 Å². The SMILES string of the molecule is CC(C)(C)C1=CCC(c2c(C(C)(C)C)ccc3c2Cc2cc(C(C)(C)C)ccc2-3)=C1. The van der Waals surface area contributed by atoms with Crippen molar-refractivity contribution in [1.29, 1.82) is 0 Å². The fourth-order valence-corrected chi connectivity index (χ4v) is 4.96. The lowest BCUT2D eigenvalue weighted by molar-refractivity contribution is 0.518. The molecule has 0 atom stereocenters. The molecule has 0 amide bonds. The third-order valence-corrected chi connectivity index (χ3v) is 6.81. The van der Waals surface area contributed by atoms with Crippen LogP contribution in [0.3, 0.4) is 0 Å². The van der Waals surface area contributed by atoms with Gasteiger partial charge < -0.3 is 0 Å². The maximum absolute atomic E-state index is 2.48. The van der Waals surface area contributed by atoms with Crippen molar-refractivity contribution < 1.29 is 0 Å². The summed E-state index contributed by atoms with van der Waals surface area (Å²) >= 11 is 0. The van der Waals surface area contributed by atoms with Crippen molar-refractivity contribution in [1.82, 2.24) is 0 Å². The van der Waals surface area contributed by atoms with E-state index in [0.29, 0.717) is 0 Å². The van der Waals surface area contributed by atoms with E-state index in [2.05, 4.69) is 105 Å². The second-order valence-corrected chi connectivity index (χ2v) is 12.3. The number of hydrogen-bond acceptors (Lipinski definition) is 0. The van der Waals surface area contributed by atoms with Gasteiger partial charge in [-0.3, -0.25) is 0 Å². The highest BCUT2D eigenvalue weighted by Crippen LogP contribution is 2.47. The second kappa shape index (κ2) is 6.71. The minimum absolute atomic E-state index is 0.126. The molecule has 0 saturated carbocycles. The maximum atomic E-state index is 2.48. The summed E-state index contributed by atoms with van der Waals surface area (Å²) in [5.74, 6) is 0. The van der Waals surface area contributed by atoms with Gasteiger partial charge in [-0.05, 0) is 79.2 Å². The summed E-state index contributed by atoms with van der Waals surface area (Å²) in [6.07, 6.45) is 7.03. The van der Waals surface area contributed by atoms with Crippen LogP contribution in [-0.4, -0.2) is 0 Å². The van der Waals surface area contributed by atoms with Crippen molar-refractivity contribution in [3.8, 4) is 11.1 Å². The topological polar surface area (TPSA) is 0 Å². The molecular weight excluding hydrogens is 360 g/mol. The van der Waals surface area contributed by atoms with Crippen molar-refractivity contribution in [3.05, 3.63) is 75.9 Å². The van der Waals surface area contributed by atoms with Gasteiger partial charge >= 0.3 is 0 Å². The third-order valence-electron chi connectivity index (χ3n) is 6.81. The molecule has 0 spiro atoms. The smallest absolute Gasteiger partial charge is 0.000719 e. The second-order valence-electron chi connectivity index (χ2n) is 12.3. The maximum Gasteiger partial charge on any atom is -0.000719 e. The van der Waals surface area contributed by atoms with E-state index in [9.17, 15) is 0 Å². The standard InChI is InChI=1S/C30H38/c1-28(2,3)21-11-10-19(16-21)27-25-18-20-17-22(29(4,5)6)12-13-23(20)24(25)14-15-26(27)30(7,8)9/h11-17H,10,18H2,1-9H3. The molecule has 30 heavy (non-hydrogen) atoms. The predicted octanol–water partition coefficient (Wildman–Crippen LogP) is 8.61. The Balaban J connectivity index is 1.88. The molecule has 0 unspecified atom stereocenters. The summed E-state index contributed by atoms with van der Waals surface area (Å²) in [6, 6.07) is 11.9. The lowest BCUT2D eigenvalue weighted by Gasteiger charge is -2.26. The Bertz CT molecular complexity index is 1070. The summed E-state index contributed by atoms with van der Waals surface area (Å²) in [5.41, 5.74) is 13.8. The van der Waals surface area contributed by atoms with Gasteiger partial charge in [0.1, 0.15) is 0 Å². The van der Waals surface area contributed by atoms with Crippen LogP contribution in [-0.2, 0) is 17.3 Å². The van der Waals surface area contributed by atoms with Gasteiger partial charge in [-0.1, -0.05) is 105 Å². The van der Waals surface area contributed by atoms with Crippen LogP contribution >= 0.6 is 0 Å². The van der Waals surface area contributed by atoms with E-state index >= 15 is 0 Å². The molecule has 0 aliphatic heterocycles. The quantitative estimate of drug-likeness (QED) is 0.385. The van der Waals surface area contributed by atoms with E-state index in [-0.39, 0.29) is 16.2 Å². The van der Waals surface area contributed by atoms with Crippen LogP contribution in [0.5, 0.6) is 0 Å². The molecule has 4 rings (SSSR count). The van der Waals surface area contributed by atoms with Gasteiger partial charge in [0, 0.05) is 0 Å². The highest BCUT2D eigenvalue weighted by Gasteiger charge is 2.31. The first-order chi connectivity index (χ1) is 13.8. The summed E-state index contributed by atoms with van der Waals surface area (Å²) in [5, 5.41) is 0. The molecule has 0 heterocycles. The Morgan fingerprint density at radius 2 is 1.37 bits per heavy atom. The Morgan fingerprint density at radius 1 is 0.700 bits per heavy atom. The van der Waals surface area contributed by atoms with E-state index in [1.807, 2.05) is 0 Å².